The zero-order chi connectivity index (χ0) is 33.7. The number of hydrogen-bond acceptors (Lipinski definition) is 9. The van der Waals surface area contributed by atoms with E-state index in [9.17, 15) is 27.4 Å². The molecule has 244 valence electrons. The third-order valence-corrected chi connectivity index (χ3v) is 9.99. The van der Waals surface area contributed by atoms with Crippen LogP contribution >= 0.6 is 10.8 Å². The summed E-state index contributed by atoms with van der Waals surface area (Å²) in [5, 5.41) is 14.7. The minimum atomic E-state index is -3.99. The number of Topliss-reactive ketones (excluding diaryl/α,β-unsaturated/α-hetero) is 1. The van der Waals surface area contributed by atoms with Crippen molar-refractivity contribution in [1.29, 1.82) is 0 Å². The fourth-order valence-corrected chi connectivity index (χ4v) is 7.64. The highest BCUT2D eigenvalue weighted by molar-refractivity contribution is 8.23. The first kappa shape index (κ1) is 33.2. The molecule has 0 radical (unpaired) electrons. The zero-order valence-electron chi connectivity index (χ0n) is 26.2. The number of aliphatic hydroxyl groups excluding tert-OH is 1. The first-order valence-electron chi connectivity index (χ1n) is 14.6. The number of carbonyl (C=O) groups is 2. The van der Waals surface area contributed by atoms with E-state index in [0.29, 0.717) is 17.5 Å². The summed E-state index contributed by atoms with van der Waals surface area (Å²) in [5.74, 6) is -1.69. The van der Waals surface area contributed by atoms with Gasteiger partial charge in [-0.15, -0.1) is 4.40 Å². The van der Waals surface area contributed by atoms with Crippen molar-refractivity contribution in [1.82, 2.24) is 4.90 Å². The molecule has 11 nitrogen and oxygen atoms in total. The fourth-order valence-electron chi connectivity index (χ4n) is 5.89. The Morgan fingerprint density at radius 2 is 1.70 bits per heavy atom. The molecule has 1 aliphatic carbocycles. The van der Waals surface area contributed by atoms with E-state index in [2.05, 4.69) is 14.4 Å². The number of amides is 1. The predicted molar refractivity (Wildman–Crippen MR) is 181 cm³/mol. The molecule has 1 heterocycles. The lowest BCUT2D eigenvalue weighted by Gasteiger charge is -2.47. The number of sulfonamides is 1. The molecule has 1 amide bonds. The van der Waals surface area contributed by atoms with Crippen LogP contribution in [0.3, 0.4) is 0 Å². The van der Waals surface area contributed by atoms with E-state index in [0.717, 1.165) is 11.8 Å². The molecule has 1 aliphatic heterocycles. The maximum atomic E-state index is 15.1. The van der Waals surface area contributed by atoms with Gasteiger partial charge in [0, 0.05) is 19.0 Å². The van der Waals surface area contributed by atoms with Crippen LogP contribution in [0.5, 0.6) is 0 Å². The average molecular weight is 667 g/mol. The van der Waals surface area contributed by atoms with Crippen LogP contribution in [0.15, 0.2) is 87.7 Å². The maximum absolute atomic E-state index is 15.1. The highest BCUT2D eigenvalue weighted by atomic mass is 32.3. The summed E-state index contributed by atoms with van der Waals surface area (Å²) in [7, 11) is -7.64. The summed E-state index contributed by atoms with van der Waals surface area (Å²) in [6.07, 6.45) is 1.69. The molecule has 5 rings (SSSR count). The Kier molecular flexibility index (Phi) is 8.58. The molecule has 3 aromatic carbocycles. The molecule has 13 heteroatoms. The largest absolute Gasteiger partial charge is 0.506 e. The molecule has 0 fully saturated rings. The van der Waals surface area contributed by atoms with Crippen LogP contribution in [0, 0.1) is 5.41 Å². The second-order valence-corrected chi connectivity index (χ2v) is 16.2. The predicted octanol–water partition coefficient (Wildman–Crippen LogP) is 6.53. The number of benzene rings is 3. The number of carbonyl (C=O) groups excluding carboxylic acids is 2. The Balaban J connectivity index is 1.72. The van der Waals surface area contributed by atoms with Crippen LogP contribution in [0.2, 0.25) is 0 Å². The van der Waals surface area contributed by atoms with Gasteiger partial charge in [-0.2, -0.15) is 0 Å². The van der Waals surface area contributed by atoms with Crippen LogP contribution in [0.25, 0.3) is 5.76 Å². The third-order valence-electron chi connectivity index (χ3n) is 8.02. The molecule has 1 atom stereocenters. The molecular weight excluding hydrogens is 629 g/mol. The zero-order valence-corrected chi connectivity index (χ0v) is 27.9. The molecule has 0 bridgehead atoms. The average Bonchev–Trinajstić information content (AvgIpc) is 2.96. The molecule has 0 aromatic heterocycles. The number of rotatable bonds is 8. The lowest BCUT2D eigenvalue weighted by atomic mass is 9.68. The minimum absolute atomic E-state index is 0.0885. The van der Waals surface area contributed by atoms with Gasteiger partial charge in [0.1, 0.15) is 21.8 Å². The quantitative estimate of drug-likeness (QED) is 0.181. The number of ketones is 1. The van der Waals surface area contributed by atoms with Gasteiger partial charge < -0.3 is 15.3 Å². The monoisotopic (exact) mass is 666 g/mol. The summed E-state index contributed by atoms with van der Waals surface area (Å²) >= 11 is 0. The normalized spacial score (nSPS) is 19.7. The Morgan fingerprint density at radius 1 is 1.04 bits per heavy atom. The summed E-state index contributed by atoms with van der Waals surface area (Å²) in [6, 6.07) is 20.2. The Hall–Kier alpha value is -4.17. The highest BCUT2D eigenvalue weighted by Gasteiger charge is 2.54. The van der Waals surface area contributed by atoms with Gasteiger partial charge >= 0.3 is 0 Å². The van der Waals surface area contributed by atoms with E-state index in [1.54, 1.807) is 24.3 Å². The van der Waals surface area contributed by atoms with Crippen molar-refractivity contribution in [2.75, 3.05) is 16.3 Å². The van der Waals surface area contributed by atoms with Crippen molar-refractivity contribution in [2.24, 2.45) is 9.81 Å². The Morgan fingerprint density at radius 3 is 2.33 bits per heavy atom. The van der Waals surface area contributed by atoms with Crippen LogP contribution < -0.4 is 10.0 Å². The molecule has 3 aromatic rings. The van der Waals surface area contributed by atoms with Crippen LogP contribution in [-0.4, -0.2) is 51.3 Å². The van der Waals surface area contributed by atoms with Crippen molar-refractivity contribution in [3.05, 3.63) is 95.1 Å². The SMILES string of the molecule is CC(=O)N(Cc1ccccc1)C1(CCC(C)(C)C)C(=O)C(C2=NS(O)(O)c3cc(NS(C)(=O)=O)ccc3N2)=C(O)c2ccccc21. The molecule has 46 heavy (non-hydrogen) atoms. The number of anilines is 2. The summed E-state index contributed by atoms with van der Waals surface area (Å²) in [4.78, 5) is 30.2. The van der Waals surface area contributed by atoms with Gasteiger partial charge in [-0.3, -0.25) is 23.4 Å². The highest BCUT2D eigenvalue weighted by Crippen LogP contribution is 2.57. The van der Waals surface area contributed by atoms with E-state index < -0.39 is 37.9 Å². The summed E-state index contributed by atoms with van der Waals surface area (Å²) < 4.78 is 52.4. The van der Waals surface area contributed by atoms with Gasteiger partial charge in [0.15, 0.2) is 5.84 Å². The molecule has 0 saturated heterocycles. The standard InChI is InChI=1S/C33H38N4O7S2/c1-21(38)37(20-22-11-7-6-8-12-22)33(18-17-32(2,3)4)25-14-10-9-13-24(25)29(39)28(30(33)40)31-34-26-16-15-23(35-45(5,41)42)19-27(26)46(43,44)36-31/h6-16,19,35,39,43-44H,17-18,20H2,1-5H3,(H,34,36). The van der Waals surface area contributed by atoms with E-state index in [1.807, 2.05) is 51.1 Å². The number of nitrogens with one attached hydrogen (secondary N) is 2. The fraction of sp³-hybridized carbons (Fsp3) is 0.303. The van der Waals surface area contributed by atoms with Crippen molar-refractivity contribution >= 4 is 55.5 Å². The van der Waals surface area contributed by atoms with Gasteiger partial charge in [-0.1, -0.05) is 86.1 Å². The number of fused-ring (bicyclic) bond motifs is 2. The topological polar surface area (TPSA) is 169 Å². The molecule has 1 unspecified atom stereocenters. The molecule has 0 saturated carbocycles. The van der Waals surface area contributed by atoms with Crippen molar-refractivity contribution in [3.8, 4) is 0 Å². The molecule has 5 N–H and O–H groups in total. The second-order valence-electron chi connectivity index (χ2n) is 12.8. The first-order valence-corrected chi connectivity index (χ1v) is 18.0. The molecule has 2 aliphatic rings. The molecule has 0 spiro atoms. The van der Waals surface area contributed by atoms with Crippen LogP contribution in [-0.2, 0) is 31.7 Å². The van der Waals surface area contributed by atoms with E-state index in [4.69, 9.17) is 0 Å². The van der Waals surface area contributed by atoms with Gasteiger partial charge in [0.2, 0.25) is 21.7 Å². The summed E-state index contributed by atoms with van der Waals surface area (Å²) in [6.45, 7) is 7.61. The van der Waals surface area contributed by atoms with Gasteiger partial charge in [-0.25, -0.2) is 8.42 Å². The van der Waals surface area contributed by atoms with E-state index in [1.165, 1.54) is 30.0 Å². The Labute approximate surface area is 270 Å². The van der Waals surface area contributed by atoms with Gasteiger partial charge in [0.05, 0.1) is 17.6 Å². The number of amidine groups is 1. The van der Waals surface area contributed by atoms with Crippen molar-refractivity contribution in [3.63, 3.8) is 0 Å². The van der Waals surface area contributed by atoms with Gasteiger partial charge in [0.25, 0.3) is 0 Å². The van der Waals surface area contributed by atoms with Crippen molar-refractivity contribution in [2.45, 2.75) is 57.5 Å². The van der Waals surface area contributed by atoms with Crippen LogP contribution in [0.4, 0.5) is 11.4 Å². The molecular formula is C33H38N4O7S2. The number of nitrogens with zero attached hydrogens (tertiary/aromatic N) is 2. The smallest absolute Gasteiger partial charge is 0.229 e. The lowest BCUT2D eigenvalue weighted by Crippen LogP contribution is -2.57. The Bertz CT molecular complexity index is 1880. The number of hydrogen-bond donors (Lipinski definition) is 5. The van der Waals surface area contributed by atoms with Gasteiger partial charge in [-0.05, 0) is 47.6 Å². The lowest BCUT2D eigenvalue weighted by molar-refractivity contribution is -0.146. The second kappa shape index (κ2) is 11.9. The van der Waals surface area contributed by atoms with Crippen molar-refractivity contribution < 1.29 is 32.2 Å². The first-order chi connectivity index (χ1) is 21.4. The van der Waals surface area contributed by atoms with E-state index >= 15 is 4.79 Å². The van der Waals surface area contributed by atoms with E-state index in [-0.39, 0.29) is 52.0 Å². The van der Waals surface area contributed by atoms with Crippen LogP contribution in [0.1, 0.15) is 57.2 Å². The number of aliphatic hydroxyl groups is 1. The third kappa shape index (κ3) is 6.41. The maximum Gasteiger partial charge on any atom is 0.229 e. The minimum Gasteiger partial charge on any atom is -0.506 e. The summed E-state index contributed by atoms with van der Waals surface area (Å²) in [5.41, 5.74) is -0.322.